The van der Waals surface area contributed by atoms with Crippen molar-refractivity contribution >= 4 is 15.9 Å². The fourth-order valence-corrected chi connectivity index (χ4v) is 1.74. The molecule has 1 heterocycles. The van der Waals surface area contributed by atoms with Gasteiger partial charge in [-0.1, -0.05) is 28.1 Å². The molecule has 0 aliphatic heterocycles. The highest BCUT2D eigenvalue weighted by molar-refractivity contribution is 9.10. The Bertz CT molecular complexity index is 451. The van der Waals surface area contributed by atoms with Gasteiger partial charge in [0.25, 0.3) is 0 Å². The lowest BCUT2D eigenvalue weighted by Crippen LogP contribution is -2.10. The first-order valence-electron chi connectivity index (χ1n) is 4.73. The summed E-state index contributed by atoms with van der Waals surface area (Å²) in [7, 11) is 0. The summed E-state index contributed by atoms with van der Waals surface area (Å²) in [6.45, 7) is 2.04. The van der Waals surface area contributed by atoms with Crippen molar-refractivity contribution < 1.29 is 4.42 Å². The monoisotopic (exact) mass is 265 g/mol. The molecule has 1 aromatic heterocycles. The zero-order chi connectivity index (χ0) is 10.8. The van der Waals surface area contributed by atoms with Gasteiger partial charge >= 0.3 is 0 Å². The van der Waals surface area contributed by atoms with Crippen LogP contribution < -0.4 is 5.73 Å². The first-order valence-corrected chi connectivity index (χ1v) is 5.53. The van der Waals surface area contributed by atoms with E-state index in [1.807, 2.05) is 31.2 Å². The van der Waals surface area contributed by atoms with Crippen molar-refractivity contribution in [3.8, 4) is 0 Å². The Morgan fingerprint density at radius 1 is 1.33 bits per heavy atom. The number of benzene rings is 1. The maximum Gasteiger partial charge on any atom is 0.124 e. The summed E-state index contributed by atoms with van der Waals surface area (Å²) in [5.74, 6) is 0.789. The molecule has 0 radical (unpaired) electrons. The molecule has 0 fully saturated rings. The largest absolute Gasteiger partial charge is 0.467 e. The van der Waals surface area contributed by atoms with Crippen LogP contribution in [0.1, 0.15) is 22.9 Å². The van der Waals surface area contributed by atoms with Gasteiger partial charge in [-0.05, 0) is 36.2 Å². The molecule has 2 N–H and O–H groups in total. The molecule has 15 heavy (non-hydrogen) atoms. The molecule has 0 amide bonds. The molecule has 0 spiro atoms. The van der Waals surface area contributed by atoms with Crippen molar-refractivity contribution in [2.45, 2.75) is 13.0 Å². The van der Waals surface area contributed by atoms with Gasteiger partial charge in [-0.25, -0.2) is 0 Å². The van der Waals surface area contributed by atoms with Crippen LogP contribution >= 0.6 is 15.9 Å². The van der Waals surface area contributed by atoms with E-state index < -0.39 is 0 Å². The van der Waals surface area contributed by atoms with Gasteiger partial charge in [0.05, 0.1) is 12.3 Å². The molecule has 0 saturated carbocycles. The highest BCUT2D eigenvalue weighted by Crippen LogP contribution is 2.24. The second-order valence-corrected chi connectivity index (χ2v) is 4.36. The number of hydrogen-bond donors (Lipinski definition) is 1. The maximum absolute atomic E-state index is 6.07. The first kappa shape index (κ1) is 10.5. The number of halogens is 1. The van der Waals surface area contributed by atoms with Gasteiger partial charge in [0.2, 0.25) is 0 Å². The maximum atomic E-state index is 6.07. The number of hydrogen-bond acceptors (Lipinski definition) is 2. The molecule has 2 aromatic rings. The summed E-state index contributed by atoms with van der Waals surface area (Å²) in [5, 5.41) is 0. The van der Waals surface area contributed by atoms with Crippen LogP contribution in [0, 0.1) is 6.92 Å². The molecule has 2 nitrogen and oxygen atoms in total. The Kier molecular flexibility index (Phi) is 2.93. The Hall–Kier alpha value is -1.06. The Morgan fingerprint density at radius 2 is 2.13 bits per heavy atom. The Balaban J connectivity index is 2.34. The average Bonchev–Trinajstić information content (AvgIpc) is 2.74. The van der Waals surface area contributed by atoms with Gasteiger partial charge < -0.3 is 10.2 Å². The summed E-state index contributed by atoms with van der Waals surface area (Å²) in [6.07, 6.45) is 1.64. The van der Waals surface area contributed by atoms with Crippen LogP contribution in [0.15, 0.2) is 45.5 Å². The number of furan rings is 1. The van der Waals surface area contributed by atoms with Gasteiger partial charge in [0, 0.05) is 4.47 Å². The fourth-order valence-electron chi connectivity index (χ4n) is 1.49. The van der Waals surface area contributed by atoms with E-state index in [0.29, 0.717) is 0 Å². The predicted molar refractivity (Wildman–Crippen MR) is 63.6 cm³/mol. The SMILES string of the molecule is Cc1cc(C(N)c2ccco2)ccc1Br. The van der Waals surface area contributed by atoms with Gasteiger partial charge in [0.1, 0.15) is 5.76 Å². The van der Waals surface area contributed by atoms with Crippen LogP contribution in [-0.4, -0.2) is 0 Å². The molecule has 2 rings (SSSR count). The molecular formula is C12H12BrNO. The van der Waals surface area contributed by atoms with Crippen LogP contribution in [-0.2, 0) is 0 Å². The fraction of sp³-hybridized carbons (Fsp3) is 0.167. The molecule has 0 bridgehead atoms. The lowest BCUT2D eigenvalue weighted by Gasteiger charge is -2.10. The molecule has 0 saturated heterocycles. The molecule has 3 heteroatoms. The molecule has 0 aliphatic carbocycles. The van der Waals surface area contributed by atoms with Crippen LogP contribution in [0.2, 0.25) is 0 Å². The van der Waals surface area contributed by atoms with Crippen LogP contribution in [0.3, 0.4) is 0 Å². The topological polar surface area (TPSA) is 39.2 Å². The molecule has 78 valence electrons. The minimum Gasteiger partial charge on any atom is -0.467 e. The molecule has 1 atom stereocenters. The molecule has 1 aromatic carbocycles. The van der Waals surface area contributed by atoms with Crippen molar-refractivity contribution in [2.24, 2.45) is 5.73 Å². The van der Waals surface area contributed by atoms with E-state index in [4.69, 9.17) is 10.2 Å². The number of rotatable bonds is 2. The second-order valence-electron chi connectivity index (χ2n) is 3.50. The smallest absolute Gasteiger partial charge is 0.124 e. The van der Waals surface area contributed by atoms with E-state index in [2.05, 4.69) is 22.0 Å². The van der Waals surface area contributed by atoms with Gasteiger partial charge in [-0.15, -0.1) is 0 Å². The van der Waals surface area contributed by atoms with E-state index in [0.717, 1.165) is 15.8 Å². The number of nitrogens with two attached hydrogens (primary N) is 1. The summed E-state index contributed by atoms with van der Waals surface area (Å²) < 4.78 is 6.38. The number of aryl methyl sites for hydroxylation is 1. The van der Waals surface area contributed by atoms with E-state index in [1.165, 1.54) is 5.56 Å². The third kappa shape index (κ3) is 2.13. The molecular weight excluding hydrogens is 254 g/mol. The lowest BCUT2D eigenvalue weighted by molar-refractivity contribution is 0.490. The van der Waals surface area contributed by atoms with Crippen LogP contribution in [0.5, 0.6) is 0 Å². The minimum atomic E-state index is -0.188. The van der Waals surface area contributed by atoms with Crippen molar-refractivity contribution in [3.63, 3.8) is 0 Å². The van der Waals surface area contributed by atoms with E-state index >= 15 is 0 Å². The van der Waals surface area contributed by atoms with E-state index in [-0.39, 0.29) is 6.04 Å². The normalized spacial score (nSPS) is 12.7. The minimum absolute atomic E-state index is 0.188. The van der Waals surface area contributed by atoms with Gasteiger partial charge in [-0.2, -0.15) is 0 Å². The lowest BCUT2D eigenvalue weighted by atomic mass is 10.0. The second kappa shape index (κ2) is 4.21. The summed E-state index contributed by atoms with van der Waals surface area (Å²) >= 11 is 3.46. The summed E-state index contributed by atoms with van der Waals surface area (Å²) in [6, 6.07) is 9.63. The van der Waals surface area contributed by atoms with E-state index in [9.17, 15) is 0 Å². The summed E-state index contributed by atoms with van der Waals surface area (Å²) in [5.41, 5.74) is 8.31. The van der Waals surface area contributed by atoms with Gasteiger partial charge in [0.15, 0.2) is 0 Å². The van der Waals surface area contributed by atoms with Gasteiger partial charge in [-0.3, -0.25) is 0 Å². The Morgan fingerprint density at radius 3 is 2.73 bits per heavy atom. The molecule has 0 aliphatic rings. The third-order valence-electron chi connectivity index (χ3n) is 2.39. The van der Waals surface area contributed by atoms with Crippen LogP contribution in [0.25, 0.3) is 0 Å². The highest BCUT2D eigenvalue weighted by atomic mass is 79.9. The summed E-state index contributed by atoms with van der Waals surface area (Å²) in [4.78, 5) is 0. The zero-order valence-electron chi connectivity index (χ0n) is 8.41. The van der Waals surface area contributed by atoms with Crippen LogP contribution in [0.4, 0.5) is 0 Å². The first-order chi connectivity index (χ1) is 7.18. The highest BCUT2D eigenvalue weighted by Gasteiger charge is 2.11. The van der Waals surface area contributed by atoms with E-state index in [1.54, 1.807) is 6.26 Å². The van der Waals surface area contributed by atoms with Crippen molar-refractivity contribution in [1.82, 2.24) is 0 Å². The third-order valence-corrected chi connectivity index (χ3v) is 3.28. The molecule has 1 unspecified atom stereocenters. The predicted octanol–water partition coefficient (Wildman–Crippen LogP) is 3.40. The average molecular weight is 266 g/mol. The van der Waals surface area contributed by atoms with Crippen molar-refractivity contribution in [1.29, 1.82) is 0 Å². The zero-order valence-corrected chi connectivity index (χ0v) is 9.99. The quantitative estimate of drug-likeness (QED) is 0.904. The van der Waals surface area contributed by atoms with Crippen molar-refractivity contribution in [3.05, 3.63) is 58.0 Å². The standard InChI is InChI=1S/C12H12BrNO/c1-8-7-9(4-5-10(8)13)12(14)11-3-2-6-15-11/h2-7,12H,14H2,1H3. The van der Waals surface area contributed by atoms with Crippen molar-refractivity contribution in [2.75, 3.05) is 0 Å². The Labute approximate surface area is 97.2 Å².